The summed E-state index contributed by atoms with van der Waals surface area (Å²) in [6.45, 7) is 6.98. The largest absolute Gasteiger partial charge is 0.0654 e. The molecule has 0 amide bonds. The third kappa shape index (κ3) is 28.2. The second kappa shape index (κ2) is 31.0. The van der Waals surface area contributed by atoms with Gasteiger partial charge in [0.25, 0.3) is 0 Å². The molecular weight excluding hydrogens is 408 g/mol. The van der Waals surface area contributed by atoms with E-state index in [1.807, 2.05) is 0 Å². The summed E-state index contributed by atoms with van der Waals surface area (Å²) >= 11 is 0. The van der Waals surface area contributed by atoms with E-state index in [2.05, 4.69) is 20.8 Å². The Balaban J connectivity index is 3.34. The summed E-state index contributed by atoms with van der Waals surface area (Å²) in [5.41, 5.74) is 0. The van der Waals surface area contributed by atoms with E-state index in [1.165, 1.54) is 193 Å². The van der Waals surface area contributed by atoms with E-state index in [-0.39, 0.29) is 0 Å². The van der Waals surface area contributed by atoms with Crippen molar-refractivity contribution in [2.24, 2.45) is 5.92 Å². The van der Waals surface area contributed by atoms with Gasteiger partial charge in [-0.1, -0.05) is 213 Å². The van der Waals surface area contributed by atoms with E-state index in [0.717, 1.165) is 5.92 Å². The molecule has 0 aliphatic carbocycles. The quantitative estimate of drug-likeness (QED) is 0.0900. The Morgan fingerprint density at radius 2 is 0.412 bits per heavy atom. The lowest BCUT2D eigenvalue weighted by Crippen LogP contribution is -2.01. The molecule has 34 heavy (non-hydrogen) atoms. The lowest BCUT2D eigenvalue weighted by Gasteiger charge is -2.16. The van der Waals surface area contributed by atoms with Crippen LogP contribution in [0.15, 0.2) is 0 Å². The third-order valence-corrected chi connectivity index (χ3v) is 8.15. The van der Waals surface area contributed by atoms with E-state index in [1.54, 1.807) is 0 Å². The van der Waals surface area contributed by atoms with Crippen molar-refractivity contribution in [1.29, 1.82) is 0 Å². The fourth-order valence-electron chi connectivity index (χ4n) is 5.66. The highest BCUT2D eigenvalue weighted by atomic mass is 14.1. The molecule has 0 N–H and O–H groups in total. The van der Waals surface area contributed by atoms with Gasteiger partial charge >= 0.3 is 0 Å². The standard InChI is InChI=1S/C34H70/c1-4-7-10-12-13-14-15-16-17-18-19-20-21-22-23-24-25-26-27-30-33-34(31-28-9-6-3)32-29-11-8-5-2/h34H,4-33H2,1-3H3. The van der Waals surface area contributed by atoms with E-state index < -0.39 is 0 Å². The molecule has 1 atom stereocenters. The highest BCUT2D eigenvalue weighted by Gasteiger charge is 2.08. The molecule has 0 saturated heterocycles. The minimum Gasteiger partial charge on any atom is -0.0654 e. The Kier molecular flexibility index (Phi) is 31.0. The fraction of sp³-hybridized carbons (Fsp3) is 1.00. The van der Waals surface area contributed by atoms with Crippen molar-refractivity contribution in [2.45, 2.75) is 213 Å². The van der Waals surface area contributed by atoms with E-state index >= 15 is 0 Å². The highest BCUT2D eigenvalue weighted by molar-refractivity contribution is 4.62. The second-order valence-corrected chi connectivity index (χ2v) is 11.7. The molecule has 0 aliphatic rings. The Labute approximate surface area is 219 Å². The van der Waals surface area contributed by atoms with Crippen molar-refractivity contribution in [2.75, 3.05) is 0 Å². The molecule has 0 aliphatic heterocycles. The maximum atomic E-state index is 2.34. The van der Waals surface area contributed by atoms with Crippen LogP contribution in [0, 0.1) is 5.92 Å². The summed E-state index contributed by atoms with van der Waals surface area (Å²) in [5, 5.41) is 0. The van der Waals surface area contributed by atoms with E-state index in [9.17, 15) is 0 Å². The molecular formula is C34H70. The number of hydrogen-bond acceptors (Lipinski definition) is 0. The van der Waals surface area contributed by atoms with Gasteiger partial charge in [0, 0.05) is 0 Å². The number of rotatable bonds is 30. The number of unbranched alkanes of at least 4 members (excludes halogenated alkanes) is 24. The maximum absolute atomic E-state index is 2.34. The monoisotopic (exact) mass is 479 g/mol. The predicted octanol–water partition coefficient (Wildman–Crippen LogP) is 13.4. The average Bonchev–Trinajstić information content (AvgIpc) is 2.85. The molecule has 206 valence electrons. The van der Waals surface area contributed by atoms with Crippen LogP contribution >= 0.6 is 0 Å². The van der Waals surface area contributed by atoms with Gasteiger partial charge < -0.3 is 0 Å². The molecule has 0 saturated carbocycles. The lowest BCUT2D eigenvalue weighted by molar-refractivity contribution is 0.368. The van der Waals surface area contributed by atoms with Crippen molar-refractivity contribution >= 4 is 0 Å². The Bertz CT molecular complexity index is 333. The van der Waals surface area contributed by atoms with Crippen LogP contribution in [0.3, 0.4) is 0 Å². The first kappa shape index (κ1) is 34.0. The van der Waals surface area contributed by atoms with Gasteiger partial charge in [-0.2, -0.15) is 0 Å². The number of hydrogen-bond donors (Lipinski definition) is 0. The van der Waals surface area contributed by atoms with Gasteiger partial charge in [-0.05, 0) is 5.92 Å². The summed E-state index contributed by atoms with van der Waals surface area (Å²) in [4.78, 5) is 0. The first-order valence-corrected chi connectivity index (χ1v) is 16.8. The van der Waals surface area contributed by atoms with Crippen LogP contribution in [-0.2, 0) is 0 Å². The minimum absolute atomic E-state index is 1.04. The zero-order chi connectivity index (χ0) is 24.8. The fourth-order valence-corrected chi connectivity index (χ4v) is 5.66. The van der Waals surface area contributed by atoms with Gasteiger partial charge in [0.2, 0.25) is 0 Å². The highest BCUT2D eigenvalue weighted by Crippen LogP contribution is 2.24. The predicted molar refractivity (Wildman–Crippen MR) is 159 cm³/mol. The van der Waals surface area contributed by atoms with Gasteiger partial charge in [0.15, 0.2) is 0 Å². The van der Waals surface area contributed by atoms with Gasteiger partial charge in [-0.3, -0.25) is 0 Å². The summed E-state index contributed by atoms with van der Waals surface area (Å²) in [6.07, 6.45) is 44.3. The molecule has 0 rings (SSSR count). The van der Waals surface area contributed by atoms with Gasteiger partial charge in [-0.25, -0.2) is 0 Å². The molecule has 0 bridgehead atoms. The van der Waals surface area contributed by atoms with Crippen LogP contribution in [0.25, 0.3) is 0 Å². The minimum atomic E-state index is 1.04. The maximum Gasteiger partial charge on any atom is -0.0414 e. The molecule has 1 unspecified atom stereocenters. The molecule has 0 nitrogen and oxygen atoms in total. The van der Waals surface area contributed by atoms with Gasteiger partial charge in [0.05, 0.1) is 0 Å². The molecule has 0 heterocycles. The average molecular weight is 479 g/mol. The third-order valence-electron chi connectivity index (χ3n) is 8.15. The van der Waals surface area contributed by atoms with Crippen molar-refractivity contribution in [3.8, 4) is 0 Å². The molecule has 0 fully saturated rings. The van der Waals surface area contributed by atoms with E-state index in [0.29, 0.717) is 0 Å². The van der Waals surface area contributed by atoms with Crippen LogP contribution in [0.5, 0.6) is 0 Å². The molecule has 0 aromatic heterocycles. The topological polar surface area (TPSA) is 0 Å². The summed E-state index contributed by atoms with van der Waals surface area (Å²) in [5.74, 6) is 1.04. The molecule has 0 aromatic carbocycles. The first-order valence-electron chi connectivity index (χ1n) is 16.8. The van der Waals surface area contributed by atoms with Crippen LogP contribution < -0.4 is 0 Å². The first-order chi connectivity index (χ1) is 16.8. The molecule has 0 heteroatoms. The second-order valence-electron chi connectivity index (χ2n) is 11.7. The van der Waals surface area contributed by atoms with Gasteiger partial charge in [-0.15, -0.1) is 0 Å². The van der Waals surface area contributed by atoms with Crippen LogP contribution in [0.4, 0.5) is 0 Å². The zero-order valence-electron chi connectivity index (χ0n) is 24.8. The van der Waals surface area contributed by atoms with Crippen molar-refractivity contribution in [3.63, 3.8) is 0 Å². The molecule has 0 aromatic rings. The van der Waals surface area contributed by atoms with Crippen LogP contribution in [0.2, 0.25) is 0 Å². The van der Waals surface area contributed by atoms with Crippen molar-refractivity contribution < 1.29 is 0 Å². The SMILES string of the molecule is CCCCCCCCCCCCCCCCCCCCCCC(CCCCC)CCCCCC. The van der Waals surface area contributed by atoms with Crippen LogP contribution in [0.1, 0.15) is 213 Å². The zero-order valence-corrected chi connectivity index (χ0v) is 24.8. The summed E-state index contributed by atoms with van der Waals surface area (Å²) < 4.78 is 0. The lowest BCUT2D eigenvalue weighted by atomic mass is 9.90. The Hall–Kier alpha value is 0. The molecule has 0 spiro atoms. The van der Waals surface area contributed by atoms with Crippen molar-refractivity contribution in [1.82, 2.24) is 0 Å². The smallest absolute Gasteiger partial charge is 0.0414 e. The Morgan fingerprint density at radius 1 is 0.235 bits per heavy atom. The van der Waals surface area contributed by atoms with Crippen molar-refractivity contribution in [3.05, 3.63) is 0 Å². The van der Waals surface area contributed by atoms with Crippen LogP contribution in [-0.4, -0.2) is 0 Å². The summed E-state index contributed by atoms with van der Waals surface area (Å²) in [6, 6.07) is 0. The summed E-state index contributed by atoms with van der Waals surface area (Å²) in [7, 11) is 0. The Morgan fingerprint density at radius 3 is 0.706 bits per heavy atom. The molecule has 0 radical (unpaired) electrons. The normalized spacial score (nSPS) is 12.4. The van der Waals surface area contributed by atoms with Gasteiger partial charge in [0.1, 0.15) is 0 Å². The van der Waals surface area contributed by atoms with E-state index in [4.69, 9.17) is 0 Å².